The van der Waals surface area contributed by atoms with Crippen molar-refractivity contribution < 1.29 is 14.3 Å². The number of hydrogen-bond acceptors (Lipinski definition) is 4. The summed E-state index contributed by atoms with van der Waals surface area (Å²) in [5.41, 5.74) is 1.03. The van der Waals surface area contributed by atoms with E-state index in [1.807, 2.05) is 6.92 Å². The molecule has 0 aliphatic carbocycles. The molecule has 6 heteroatoms. The van der Waals surface area contributed by atoms with Crippen LogP contribution in [0.3, 0.4) is 0 Å². The molecule has 0 saturated heterocycles. The van der Waals surface area contributed by atoms with Crippen LogP contribution in [0.5, 0.6) is 0 Å². The van der Waals surface area contributed by atoms with Crippen LogP contribution in [0.4, 0.5) is 0 Å². The smallest absolute Gasteiger partial charge is 0.239 e. The normalized spacial score (nSPS) is 19.0. The van der Waals surface area contributed by atoms with Gasteiger partial charge in [0.2, 0.25) is 5.91 Å². The van der Waals surface area contributed by atoms with E-state index in [9.17, 15) is 4.79 Å². The van der Waals surface area contributed by atoms with E-state index in [0.29, 0.717) is 13.4 Å². The van der Waals surface area contributed by atoms with Crippen LogP contribution in [0.2, 0.25) is 25.7 Å². The summed E-state index contributed by atoms with van der Waals surface area (Å²) < 4.78 is 11.0. The first kappa shape index (κ1) is 18.3. The molecule has 0 fully saturated rings. The lowest BCUT2D eigenvalue weighted by Gasteiger charge is -2.20. The van der Waals surface area contributed by atoms with Gasteiger partial charge in [0.25, 0.3) is 0 Å². The Labute approximate surface area is 129 Å². The van der Waals surface area contributed by atoms with E-state index in [1.165, 1.54) is 6.04 Å². The minimum Gasteiger partial charge on any atom is -0.356 e. The fourth-order valence-corrected chi connectivity index (χ4v) is 3.02. The molecule has 0 saturated carbocycles. The van der Waals surface area contributed by atoms with Gasteiger partial charge >= 0.3 is 0 Å². The number of nitrogens with zero attached hydrogens (tertiary/aromatic N) is 2. The molecule has 1 amide bonds. The summed E-state index contributed by atoms with van der Waals surface area (Å²) in [4.78, 5) is 11.5. The van der Waals surface area contributed by atoms with E-state index in [4.69, 9.17) is 9.47 Å². The zero-order chi connectivity index (χ0) is 15.9. The Hall–Kier alpha value is -0.723. The number of rotatable bonds is 9. The van der Waals surface area contributed by atoms with Gasteiger partial charge in [0, 0.05) is 40.3 Å². The van der Waals surface area contributed by atoms with Gasteiger partial charge in [-0.1, -0.05) is 19.6 Å². The Morgan fingerprint density at radius 1 is 1.33 bits per heavy atom. The van der Waals surface area contributed by atoms with Gasteiger partial charge in [-0.3, -0.25) is 4.79 Å². The fourth-order valence-electron chi connectivity index (χ4n) is 2.26. The summed E-state index contributed by atoms with van der Waals surface area (Å²) in [5.74, 6) is 0.0208. The molecule has 0 aromatic heterocycles. The van der Waals surface area contributed by atoms with Crippen molar-refractivity contribution in [3.05, 3.63) is 0 Å². The standard InChI is InChI=1S/C15H30N2O3Si/c1-13-11-15(17(16-13)14(2)18)7-6-8-19-12-20-9-10-21(3,4)5/h15H,6-12H2,1-5H3. The summed E-state index contributed by atoms with van der Waals surface area (Å²) in [6.45, 7) is 12.4. The Morgan fingerprint density at radius 2 is 2.00 bits per heavy atom. The lowest BCUT2D eigenvalue weighted by molar-refractivity contribution is -0.130. The van der Waals surface area contributed by atoms with Crippen LogP contribution < -0.4 is 0 Å². The van der Waals surface area contributed by atoms with E-state index in [-0.39, 0.29) is 11.9 Å². The van der Waals surface area contributed by atoms with E-state index in [1.54, 1.807) is 11.9 Å². The third-order valence-electron chi connectivity index (χ3n) is 3.47. The molecule has 1 aliphatic rings. The molecule has 0 aromatic carbocycles. The van der Waals surface area contributed by atoms with Crippen LogP contribution >= 0.6 is 0 Å². The van der Waals surface area contributed by atoms with Gasteiger partial charge in [-0.25, -0.2) is 5.01 Å². The number of hydrogen-bond donors (Lipinski definition) is 0. The molecule has 0 radical (unpaired) electrons. The minimum absolute atomic E-state index is 0.0208. The number of carbonyl (C=O) groups is 1. The van der Waals surface area contributed by atoms with E-state index >= 15 is 0 Å². The number of amides is 1. The maximum atomic E-state index is 11.5. The minimum atomic E-state index is -1.01. The summed E-state index contributed by atoms with van der Waals surface area (Å²) in [6.07, 6.45) is 2.73. The molecular weight excluding hydrogens is 284 g/mol. The maximum absolute atomic E-state index is 11.5. The highest BCUT2D eigenvalue weighted by molar-refractivity contribution is 6.76. The largest absolute Gasteiger partial charge is 0.356 e. The molecule has 0 aromatic rings. The SMILES string of the molecule is CC(=O)N1N=C(C)CC1CCCOCOCC[Si](C)(C)C. The quantitative estimate of drug-likeness (QED) is 0.373. The summed E-state index contributed by atoms with van der Waals surface area (Å²) in [6, 6.07) is 1.38. The Bertz CT molecular complexity index is 366. The molecule has 1 unspecified atom stereocenters. The molecule has 1 atom stereocenters. The zero-order valence-corrected chi connectivity index (χ0v) is 15.1. The summed E-state index contributed by atoms with van der Waals surface area (Å²) >= 11 is 0. The molecule has 122 valence electrons. The highest BCUT2D eigenvalue weighted by Gasteiger charge is 2.26. The second kappa shape index (κ2) is 8.65. The highest BCUT2D eigenvalue weighted by atomic mass is 28.3. The van der Waals surface area contributed by atoms with Crippen molar-refractivity contribution in [3.8, 4) is 0 Å². The lowest BCUT2D eigenvalue weighted by Crippen LogP contribution is -2.31. The van der Waals surface area contributed by atoms with E-state index in [2.05, 4.69) is 24.7 Å². The average molecular weight is 315 g/mol. The number of carbonyl (C=O) groups excluding carboxylic acids is 1. The van der Waals surface area contributed by atoms with Crippen LogP contribution in [-0.4, -0.2) is 50.8 Å². The third-order valence-corrected chi connectivity index (χ3v) is 5.17. The lowest BCUT2D eigenvalue weighted by atomic mass is 10.1. The Morgan fingerprint density at radius 3 is 2.62 bits per heavy atom. The van der Waals surface area contributed by atoms with Crippen LogP contribution in [0, 0.1) is 0 Å². The Kier molecular flexibility index (Phi) is 7.55. The topological polar surface area (TPSA) is 51.1 Å². The maximum Gasteiger partial charge on any atom is 0.239 e. The van der Waals surface area contributed by atoms with Crippen molar-refractivity contribution >= 4 is 19.7 Å². The van der Waals surface area contributed by atoms with Gasteiger partial charge in [-0.15, -0.1) is 0 Å². The van der Waals surface area contributed by atoms with E-state index in [0.717, 1.165) is 31.6 Å². The van der Waals surface area contributed by atoms with E-state index < -0.39 is 8.07 Å². The fraction of sp³-hybridized carbons (Fsp3) is 0.867. The van der Waals surface area contributed by atoms with Crippen LogP contribution in [-0.2, 0) is 14.3 Å². The van der Waals surface area contributed by atoms with Crippen molar-refractivity contribution in [2.45, 2.75) is 64.8 Å². The summed E-state index contributed by atoms with van der Waals surface area (Å²) in [7, 11) is -1.01. The molecule has 5 nitrogen and oxygen atoms in total. The first-order valence-electron chi connectivity index (χ1n) is 7.79. The van der Waals surface area contributed by atoms with Crippen molar-refractivity contribution in [3.63, 3.8) is 0 Å². The van der Waals surface area contributed by atoms with Crippen molar-refractivity contribution in [2.24, 2.45) is 5.10 Å². The predicted octanol–water partition coefficient (Wildman–Crippen LogP) is 3.09. The van der Waals surface area contributed by atoms with Gasteiger partial charge in [0.15, 0.2) is 0 Å². The molecular formula is C15H30N2O3Si. The van der Waals surface area contributed by atoms with Crippen molar-refractivity contribution in [1.82, 2.24) is 5.01 Å². The molecule has 1 aliphatic heterocycles. The van der Waals surface area contributed by atoms with Crippen LogP contribution in [0.1, 0.15) is 33.1 Å². The number of ether oxygens (including phenoxy) is 2. The van der Waals surface area contributed by atoms with Crippen LogP contribution in [0.15, 0.2) is 5.10 Å². The third kappa shape index (κ3) is 7.73. The first-order chi connectivity index (χ1) is 9.79. The number of hydrazone groups is 1. The monoisotopic (exact) mass is 314 g/mol. The predicted molar refractivity (Wildman–Crippen MR) is 88.2 cm³/mol. The van der Waals surface area contributed by atoms with Gasteiger partial charge in [-0.2, -0.15) is 5.10 Å². The van der Waals surface area contributed by atoms with Crippen LogP contribution in [0.25, 0.3) is 0 Å². The molecule has 0 N–H and O–H groups in total. The molecule has 0 spiro atoms. The van der Waals surface area contributed by atoms with Gasteiger partial charge in [0.1, 0.15) is 6.79 Å². The molecule has 21 heavy (non-hydrogen) atoms. The van der Waals surface area contributed by atoms with Gasteiger partial charge in [0.05, 0.1) is 6.04 Å². The second-order valence-electron chi connectivity index (χ2n) is 6.94. The zero-order valence-electron chi connectivity index (χ0n) is 14.1. The molecule has 1 heterocycles. The average Bonchev–Trinajstić information content (AvgIpc) is 2.72. The highest BCUT2D eigenvalue weighted by Crippen LogP contribution is 2.19. The molecule has 0 bridgehead atoms. The van der Waals surface area contributed by atoms with Gasteiger partial charge in [-0.05, 0) is 25.8 Å². The van der Waals surface area contributed by atoms with Crippen molar-refractivity contribution in [1.29, 1.82) is 0 Å². The molecule has 1 rings (SSSR count). The second-order valence-corrected chi connectivity index (χ2v) is 12.6. The van der Waals surface area contributed by atoms with Gasteiger partial charge < -0.3 is 9.47 Å². The first-order valence-corrected chi connectivity index (χ1v) is 11.5. The van der Waals surface area contributed by atoms with Crippen molar-refractivity contribution in [2.75, 3.05) is 20.0 Å². The summed E-state index contributed by atoms with van der Waals surface area (Å²) in [5, 5.41) is 5.88. The Balaban J connectivity index is 2.03.